The van der Waals surface area contributed by atoms with Crippen LogP contribution >= 0.6 is 0 Å². The molecule has 0 atom stereocenters. The van der Waals surface area contributed by atoms with Crippen LogP contribution < -0.4 is 16.4 Å². The third kappa shape index (κ3) is 4.78. The molecule has 0 aliphatic rings. The van der Waals surface area contributed by atoms with Crippen LogP contribution in [0.5, 0.6) is 0 Å². The molecule has 0 aliphatic carbocycles. The van der Waals surface area contributed by atoms with Crippen LogP contribution in [-0.2, 0) is 17.9 Å². The zero-order valence-electron chi connectivity index (χ0n) is 12.9. The number of rotatable bonds is 4. The quantitative estimate of drug-likeness (QED) is 0.667. The number of amides is 1. The van der Waals surface area contributed by atoms with E-state index in [-0.39, 0.29) is 10.3 Å². The lowest BCUT2D eigenvalue weighted by atomic mass is 10.2. The molecule has 134 valence electrons. The minimum atomic E-state index is -4.66. The van der Waals surface area contributed by atoms with Gasteiger partial charge in [0, 0.05) is 12.4 Å². The molecule has 0 fully saturated rings. The zero-order chi connectivity index (χ0) is 18.8. The van der Waals surface area contributed by atoms with E-state index in [1.165, 1.54) is 12.1 Å². The lowest BCUT2D eigenvalue weighted by molar-refractivity contribution is -0.141. The lowest BCUT2D eigenvalue weighted by Crippen LogP contribution is -2.43. The molecule has 0 saturated carbocycles. The summed E-state index contributed by atoms with van der Waals surface area (Å²) < 4.78 is 51.4. The van der Waals surface area contributed by atoms with Crippen LogP contribution in [-0.4, -0.2) is 21.2 Å². The van der Waals surface area contributed by atoms with Gasteiger partial charge in [-0.25, -0.2) is 4.39 Å². The molecule has 1 aromatic carbocycles. The second-order valence-corrected chi connectivity index (χ2v) is 5.31. The molecule has 25 heavy (non-hydrogen) atoms. The first kappa shape index (κ1) is 18.4. The minimum absolute atomic E-state index is 0.108. The number of benzene rings is 1. The van der Waals surface area contributed by atoms with E-state index >= 15 is 0 Å². The molecular weight excluding hydrogens is 346 g/mol. The van der Waals surface area contributed by atoms with Gasteiger partial charge in [0.1, 0.15) is 18.9 Å². The van der Waals surface area contributed by atoms with Gasteiger partial charge in [0.05, 0.1) is 5.69 Å². The summed E-state index contributed by atoms with van der Waals surface area (Å²) in [7, 11) is 0. The predicted octanol–water partition coefficient (Wildman–Crippen LogP) is 1.66. The number of alkyl halides is 3. The van der Waals surface area contributed by atoms with Crippen LogP contribution in [0.1, 0.15) is 5.56 Å². The molecule has 0 saturated heterocycles. The summed E-state index contributed by atoms with van der Waals surface area (Å²) in [6.07, 6.45) is -3.01. The van der Waals surface area contributed by atoms with E-state index in [1.807, 2.05) is 0 Å². The van der Waals surface area contributed by atoms with Crippen LogP contribution in [0, 0.1) is 12.7 Å². The van der Waals surface area contributed by atoms with E-state index in [2.05, 4.69) is 5.32 Å². The normalized spacial score (nSPS) is 11.4. The Labute approximate surface area is 138 Å². The number of anilines is 1. The maximum atomic E-state index is 13.6. The average Bonchev–Trinajstić information content (AvgIpc) is 2.49. The first-order valence-electron chi connectivity index (χ1n) is 6.99. The van der Waals surface area contributed by atoms with Crippen LogP contribution in [0.3, 0.4) is 0 Å². The average molecular weight is 359 g/mol. The van der Waals surface area contributed by atoms with Crippen molar-refractivity contribution in [1.82, 2.24) is 9.13 Å². The Morgan fingerprint density at radius 3 is 2.36 bits per heavy atom. The number of halogens is 4. The second-order valence-electron chi connectivity index (χ2n) is 5.31. The summed E-state index contributed by atoms with van der Waals surface area (Å²) >= 11 is 0. The Morgan fingerprint density at radius 1 is 1.12 bits per heavy atom. The molecule has 1 N–H and O–H groups in total. The van der Waals surface area contributed by atoms with Gasteiger partial charge in [-0.15, -0.1) is 0 Å². The van der Waals surface area contributed by atoms with Gasteiger partial charge in [0.15, 0.2) is 0 Å². The molecule has 0 radical (unpaired) electrons. The van der Waals surface area contributed by atoms with Gasteiger partial charge in [0.25, 0.3) is 0 Å². The van der Waals surface area contributed by atoms with E-state index in [0.717, 1.165) is 18.5 Å². The molecule has 2 aromatic rings. The largest absolute Gasteiger partial charge is 0.406 e. The number of nitrogens with one attached hydrogen (secondary N) is 1. The van der Waals surface area contributed by atoms with Gasteiger partial charge in [-0.2, -0.15) is 13.2 Å². The SMILES string of the molecule is Cc1ccc(F)c(NC(=O)Cn2ccn(CC(F)(F)F)c(=O)c2=O)c1. The van der Waals surface area contributed by atoms with E-state index in [9.17, 15) is 31.9 Å². The van der Waals surface area contributed by atoms with Crippen molar-refractivity contribution in [3.63, 3.8) is 0 Å². The van der Waals surface area contributed by atoms with Gasteiger partial charge in [0.2, 0.25) is 5.91 Å². The van der Waals surface area contributed by atoms with Crippen molar-refractivity contribution in [1.29, 1.82) is 0 Å². The fraction of sp³-hybridized carbons (Fsp3) is 0.267. The molecule has 6 nitrogen and oxygen atoms in total. The van der Waals surface area contributed by atoms with Crippen LogP contribution in [0.25, 0.3) is 0 Å². The van der Waals surface area contributed by atoms with Crippen molar-refractivity contribution in [2.24, 2.45) is 0 Å². The predicted molar refractivity (Wildman–Crippen MR) is 80.8 cm³/mol. The summed E-state index contributed by atoms with van der Waals surface area (Å²) in [5, 5.41) is 2.24. The molecule has 0 bridgehead atoms. The summed E-state index contributed by atoms with van der Waals surface area (Å²) in [5.74, 6) is -1.49. The fourth-order valence-electron chi connectivity index (χ4n) is 2.06. The minimum Gasteiger partial charge on any atom is -0.322 e. The van der Waals surface area contributed by atoms with Crippen molar-refractivity contribution in [3.8, 4) is 0 Å². The highest BCUT2D eigenvalue weighted by atomic mass is 19.4. The third-order valence-electron chi connectivity index (χ3n) is 3.19. The highest BCUT2D eigenvalue weighted by Crippen LogP contribution is 2.16. The Bertz CT molecular complexity index is 915. The summed E-state index contributed by atoms with van der Waals surface area (Å²) in [4.78, 5) is 35.3. The molecule has 1 amide bonds. The molecule has 1 aromatic heterocycles. The van der Waals surface area contributed by atoms with Gasteiger partial charge < -0.3 is 9.88 Å². The topological polar surface area (TPSA) is 73.1 Å². The molecule has 0 aliphatic heterocycles. The monoisotopic (exact) mass is 359 g/mol. The Kier molecular flexibility index (Phi) is 5.10. The maximum absolute atomic E-state index is 13.6. The van der Waals surface area contributed by atoms with E-state index in [0.29, 0.717) is 10.1 Å². The standard InChI is InChI=1S/C15H13F4N3O3/c1-9-2-3-10(16)11(6-9)20-12(23)7-21-4-5-22(8-15(17,18)19)14(25)13(21)24/h2-6H,7-8H2,1H3,(H,20,23). The van der Waals surface area contributed by atoms with Gasteiger partial charge >= 0.3 is 17.3 Å². The second kappa shape index (κ2) is 6.91. The summed E-state index contributed by atoms with van der Waals surface area (Å²) in [6.45, 7) is -0.573. The molecule has 1 heterocycles. The lowest BCUT2D eigenvalue weighted by Gasteiger charge is -2.11. The number of aryl methyl sites for hydroxylation is 1. The van der Waals surface area contributed by atoms with Crippen molar-refractivity contribution < 1.29 is 22.4 Å². The van der Waals surface area contributed by atoms with Crippen molar-refractivity contribution >= 4 is 11.6 Å². The molecule has 0 spiro atoms. The van der Waals surface area contributed by atoms with Crippen LogP contribution in [0.4, 0.5) is 23.2 Å². The number of hydrogen-bond donors (Lipinski definition) is 1. The molecular formula is C15H13F4N3O3. The Morgan fingerprint density at radius 2 is 1.72 bits per heavy atom. The van der Waals surface area contributed by atoms with Gasteiger partial charge in [-0.3, -0.25) is 19.0 Å². The fourth-order valence-corrected chi connectivity index (χ4v) is 2.06. The maximum Gasteiger partial charge on any atom is 0.406 e. The van der Waals surface area contributed by atoms with Crippen LogP contribution in [0.15, 0.2) is 40.2 Å². The van der Waals surface area contributed by atoms with Crippen molar-refractivity contribution in [2.75, 3.05) is 5.32 Å². The Hall–Kier alpha value is -2.91. The summed E-state index contributed by atoms with van der Waals surface area (Å²) in [6, 6.07) is 4.02. The van der Waals surface area contributed by atoms with E-state index < -0.39 is 42.1 Å². The van der Waals surface area contributed by atoms with E-state index in [1.54, 1.807) is 6.92 Å². The molecule has 0 unspecified atom stereocenters. The van der Waals surface area contributed by atoms with Gasteiger partial charge in [-0.05, 0) is 24.6 Å². The first-order valence-corrected chi connectivity index (χ1v) is 6.99. The van der Waals surface area contributed by atoms with E-state index in [4.69, 9.17) is 0 Å². The Balaban J connectivity index is 2.19. The molecule has 10 heteroatoms. The highest BCUT2D eigenvalue weighted by molar-refractivity contribution is 5.90. The number of hydrogen-bond acceptors (Lipinski definition) is 3. The summed E-state index contributed by atoms with van der Waals surface area (Å²) in [5.41, 5.74) is -2.12. The number of nitrogens with zero attached hydrogens (tertiary/aromatic N) is 2. The highest BCUT2D eigenvalue weighted by Gasteiger charge is 2.28. The third-order valence-corrected chi connectivity index (χ3v) is 3.19. The van der Waals surface area contributed by atoms with Crippen LogP contribution in [0.2, 0.25) is 0 Å². The first-order chi connectivity index (χ1) is 11.6. The van der Waals surface area contributed by atoms with Gasteiger partial charge in [-0.1, -0.05) is 6.07 Å². The number of aromatic nitrogens is 2. The zero-order valence-corrected chi connectivity index (χ0v) is 12.9. The smallest absolute Gasteiger partial charge is 0.322 e. The van der Waals surface area contributed by atoms with Crippen molar-refractivity contribution in [3.05, 3.63) is 62.7 Å². The number of carbonyl (C=O) groups is 1. The molecule has 2 rings (SSSR count). The number of carbonyl (C=O) groups excluding carboxylic acids is 1. The van der Waals surface area contributed by atoms with Crippen molar-refractivity contribution in [2.45, 2.75) is 26.2 Å².